The zero-order valence-electron chi connectivity index (χ0n) is 11.0. The van der Waals surface area contributed by atoms with Crippen molar-refractivity contribution in [2.75, 3.05) is 12.3 Å². The Hall–Kier alpha value is -1.49. The van der Waals surface area contributed by atoms with Gasteiger partial charge in [-0.25, -0.2) is 0 Å². The summed E-state index contributed by atoms with van der Waals surface area (Å²) >= 11 is 1.50. The highest BCUT2D eigenvalue weighted by molar-refractivity contribution is 8.00. The number of rotatable bonds is 8. The molecule has 104 valence electrons. The number of carboxylic acids is 1. The minimum atomic E-state index is -0.791. The summed E-state index contributed by atoms with van der Waals surface area (Å²) in [5.74, 6) is -0.413. The molecule has 0 aliphatic carbocycles. The number of benzene rings is 1. The highest BCUT2D eigenvalue weighted by Crippen LogP contribution is 2.17. The molecule has 0 atom stereocenters. The molecule has 19 heavy (non-hydrogen) atoms. The molecule has 1 aromatic carbocycles. The SMILES string of the molecule is Cc1ccc(SCC(=O)NCCCCC(=O)O)cc1. The van der Waals surface area contributed by atoms with Crippen LogP contribution < -0.4 is 5.32 Å². The molecule has 0 saturated heterocycles. The molecule has 0 saturated carbocycles. The second-order valence-electron chi connectivity index (χ2n) is 4.30. The van der Waals surface area contributed by atoms with Gasteiger partial charge in [-0.3, -0.25) is 9.59 Å². The molecule has 0 heterocycles. The topological polar surface area (TPSA) is 66.4 Å². The van der Waals surface area contributed by atoms with E-state index in [4.69, 9.17) is 5.11 Å². The molecule has 0 bridgehead atoms. The van der Waals surface area contributed by atoms with Crippen LogP contribution in [0.1, 0.15) is 24.8 Å². The van der Waals surface area contributed by atoms with Gasteiger partial charge in [0.15, 0.2) is 0 Å². The summed E-state index contributed by atoms with van der Waals surface area (Å²) in [4.78, 5) is 22.9. The normalized spacial score (nSPS) is 10.2. The number of aryl methyl sites for hydroxylation is 1. The standard InChI is InChI=1S/C14H19NO3S/c1-11-5-7-12(8-6-11)19-10-13(16)15-9-3-2-4-14(17)18/h5-8H,2-4,9-10H2,1H3,(H,15,16)(H,17,18). The lowest BCUT2D eigenvalue weighted by atomic mass is 10.2. The average molecular weight is 281 g/mol. The van der Waals surface area contributed by atoms with E-state index in [2.05, 4.69) is 5.32 Å². The molecule has 5 heteroatoms. The van der Waals surface area contributed by atoms with E-state index in [9.17, 15) is 9.59 Å². The predicted octanol–water partition coefficient (Wildman–Crippen LogP) is 2.46. The van der Waals surface area contributed by atoms with Gasteiger partial charge in [-0.05, 0) is 31.9 Å². The zero-order valence-corrected chi connectivity index (χ0v) is 11.8. The number of thioether (sulfide) groups is 1. The van der Waals surface area contributed by atoms with Gasteiger partial charge in [-0.15, -0.1) is 11.8 Å². The zero-order chi connectivity index (χ0) is 14.1. The Morgan fingerprint density at radius 1 is 1.21 bits per heavy atom. The molecule has 1 aromatic rings. The Labute approximate surface area is 117 Å². The fourth-order valence-electron chi connectivity index (χ4n) is 1.46. The van der Waals surface area contributed by atoms with Crippen molar-refractivity contribution < 1.29 is 14.7 Å². The van der Waals surface area contributed by atoms with E-state index in [1.807, 2.05) is 31.2 Å². The number of hydrogen-bond donors (Lipinski definition) is 2. The average Bonchev–Trinajstić information content (AvgIpc) is 2.37. The van der Waals surface area contributed by atoms with Crippen molar-refractivity contribution in [3.63, 3.8) is 0 Å². The number of carboxylic acid groups (broad SMARTS) is 1. The number of carbonyl (C=O) groups excluding carboxylic acids is 1. The molecule has 1 rings (SSSR count). The van der Waals surface area contributed by atoms with Gasteiger partial charge in [0.25, 0.3) is 0 Å². The van der Waals surface area contributed by atoms with Gasteiger partial charge < -0.3 is 10.4 Å². The third-order valence-corrected chi connectivity index (χ3v) is 3.54. The third-order valence-electron chi connectivity index (χ3n) is 2.53. The monoisotopic (exact) mass is 281 g/mol. The van der Waals surface area contributed by atoms with Gasteiger partial charge in [0, 0.05) is 17.9 Å². The van der Waals surface area contributed by atoms with E-state index in [-0.39, 0.29) is 12.3 Å². The van der Waals surface area contributed by atoms with Gasteiger partial charge in [0.2, 0.25) is 5.91 Å². The van der Waals surface area contributed by atoms with Crippen LogP contribution in [-0.4, -0.2) is 29.3 Å². The lowest BCUT2D eigenvalue weighted by molar-refractivity contribution is -0.137. The van der Waals surface area contributed by atoms with Crippen LogP contribution in [0.5, 0.6) is 0 Å². The summed E-state index contributed by atoms with van der Waals surface area (Å²) in [6.45, 7) is 2.57. The molecular formula is C14H19NO3S. The van der Waals surface area contributed by atoms with Crippen molar-refractivity contribution in [3.05, 3.63) is 29.8 Å². The number of unbranched alkanes of at least 4 members (excludes halogenated alkanes) is 1. The highest BCUT2D eigenvalue weighted by Gasteiger charge is 2.02. The first-order valence-corrected chi connectivity index (χ1v) is 7.24. The lowest BCUT2D eigenvalue weighted by Gasteiger charge is -2.05. The first kappa shape index (κ1) is 15.6. The number of hydrogen-bond acceptors (Lipinski definition) is 3. The maximum Gasteiger partial charge on any atom is 0.303 e. The second-order valence-corrected chi connectivity index (χ2v) is 5.35. The summed E-state index contributed by atoms with van der Waals surface area (Å²) in [5.41, 5.74) is 1.20. The van der Waals surface area contributed by atoms with Gasteiger partial charge >= 0.3 is 5.97 Å². The summed E-state index contributed by atoms with van der Waals surface area (Å²) in [6.07, 6.45) is 1.46. The van der Waals surface area contributed by atoms with Crippen LogP contribution in [0.25, 0.3) is 0 Å². The summed E-state index contributed by atoms with van der Waals surface area (Å²) in [6, 6.07) is 8.04. The Bertz CT molecular complexity index is 417. The molecule has 0 aliphatic rings. The predicted molar refractivity (Wildman–Crippen MR) is 76.4 cm³/mol. The maximum atomic E-state index is 11.5. The second kappa shape index (κ2) is 8.58. The fraction of sp³-hybridized carbons (Fsp3) is 0.429. The Balaban J connectivity index is 2.11. The van der Waals surface area contributed by atoms with E-state index < -0.39 is 5.97 Å². The molecular weight excluding hydrogens is 262 g/mol. The van der Waals surface area contributed by atoms with E-state index in [0.29, 0.717) is 25.1 Å². The first-order valence-electron chi connectivity index (χ1n) is 6.26. The van der Waals surface area contributed by atoms with Crippen molar-refractivity contribution in [1.82, 2.24) is 5.32 Å². The molecule has 0 unspecified atom stereocenters. The van der Waals surface area contributed by atoms with Crippen LogP contribution in [0.3, 0.4) is 0 Å². The molecule has 0 aromatic heterocycles. The van der Waals surface area contributed by atoms with Crippen LogP contribution in [0.4, 0.5) is 0 Å². The Kier molecular flexibility index (Phi) is 7.03. The van der Waals surface area contributed by atoms with E-state index >= 15 is 0 Å². The molecule has 2 N–H and O–H groups in total. The minimum Gasteiger partial charge on any atom is -0.481 e. The number of nitrogens with one attached hydrogen (secondary N) is 1. The van der Waals surface area contributed by atoms with E-state index in [1.165, 1.54) is 17.3 Å². The maximum absolute atomic E-state index is 11.5. The van der Waals surface area contributed by atoms with Gasteiger partial charge in [-0.2, -0.15) is 0 Å². The molecule has 0 fully saturated rings. The smallest absolute Gasteiger partial charge is 0.303 e. The van der Waals surface area contributed by atoms with Gasteiger partial charge in [-0.1, -0.05) is 17.7 Å². The molecule has 1 amide bonds. The number of amides is 1. The van der Waals surface area contributed by atoms with Crippen molar-refractivity contribution in [2.45, 2.75) is 31.1 Å². The van der Waals surface area contributed by atoms with Crippen LogP contribution in [0.2, 0.25) is 0 Å². The van der Waals surface area contributed by atoms with Crippen LogP contribution in [0.15, 0.2) is 29.2 Å². The third kappa shape index (κ3) is 7.51. The summed E-state index contributed by atoms with van der Waals surface area (Å²) < 4.78 is 0. The molecule has 0 radical (unpaired) electrons. The first-order chi connectivity index (χ1) is 9.08. The molecule has 0 aliphatic heterocycles. The summed E-state index contributed by atoms with van der Waals surface area (Å²) in [7, 11) is 0. The van der Waals surface area contributed by atoms with Crippen molar-refractivity contribution in [2.24, 2.45) is 0 Å². The van der Waals surface area contributed by atoms with Crippen molar-refractivity contribution in [3.8, 4) is 0 Å². The molecule has 4 nitrogen and oxygen atoms in total. The minimum absolute atomic E-state index is 0.0131. The fourth-order valence-corrected chi connectivity index (χ4v) is 2.19. The van der Waals surface area contributed by atoms with Gasteiger partial charge in [0.1, 0.15) is 0 Å². The largest absolute Gasteiger partial charge is 0.481 e. The van der Waals surface area contributed by atoms with Crippen molar-refractivity contribution in [1.29, 1.82) is 0 Å². The quantitative estimate of drug-likeness (QED) is 0.567. The lowest BCUT2D eigenvalue weighted by Crippen LogP contribution is -2.26. The Morgan fingerprint density at radius 2 is 1.89 bits per heavy atom. The van der Waals surface area contributed by atoms with Gasteiger partial charge in [0.05, 0.1) is 5.75 Å². The van der Waals surface area contributed by atoms with E-state index in [1.54, 1.807) is 0 Å². The van der Waals surface area contributed by atoms with E-state index in [0.717, 1.165) is 4.90 Å². The van der Waals surface area contributed by atoms with Crippen LogP contribution in [-0.2, 0) is 9.59 Å². The number of aliphatic carboxylic acids is 1. The van der Waals surface area contributed by atoms with Crippen molar-refractivity contribution >= 4 is 23.6 Å². The van der Waals surface area contributed by atoms with Crippen LogP contribution >= 0.6 is 11.8 Å². The Morgan fingerprint density at radius 3 is 2.53 bits per heavy atom. The molecule has 0 spiro atoms. The summed E-state index contributed by atoms with van der Waals surface area (Å²) in [5, 5.41) is 11.2. The highest BCUT2D eigenvalue weighted by atomic mass is 32.2. The number of carbonyl (C=O) groups is 2. The van der Waals surface area contributed by atoms with Crippen LogP contribution in [0, 0.1) is 6.92 Å².